The fourth-order valence-electron chi connectivity index (χ4n) is 0.946. The Bertz CT molecular complexity index is 145. The normalized spacial score (nSPS) is 33.7. The SMILES string of the molecule is CC[S+]1NC(C)C=C(C)S1. The first-order chi connectivity index (χ1) is 4.72. The number of hydrogen-bond acceptors (Lipinski definition) is 2. The zero-order valence-corrected chi connectivity index (χ0v) is 8.31. The smallest absolute Gasteiger partial charge is 0.120 e. The van der Waals surface area contributed by atoms with Crippen LogP contribution in [-0.4, -0.2) is 11.8 Å². The molecule has 3 heteroatoms. The lowest BCUT2D eigenvalue weighted by Crippen LogP contribution is -2.33. The van der Waals surface area contributed by atoms with Crippen molar-refractivity contribution in [2.24, 2.45) is 0 Å². The molecule has 1 nitrogen and oxygen atoms in total. The highest BCUT2D eigenvalue weighted by Crippen LogP contribution is 2.27. The molecule has 2 unspecified atom stereocenters. The first kappa shape index (κ1) is 8.50. The van der Waals surface area contributed by atoms with Gasteiger partial charge >= 0.3 is 0 Å². The van der Waals surface area contributed by atoms with Crippen LogP contribution in [-0.2, 0) is 10.1 Å². The van der Waals surface area contributed by atoms with Crippen LogP contribution < -0.4 is 4.72 Å². The average Bonchev–Trinajstić information content (AvgIpc) is 1.85. The van der Waals surface area contributed by atoms with Gasteiger partial charge in [-0.25, -0.2) is 0 Å². The lowest BCUT2D eigenvalue weighted by Gasteiger charge is -2.14. The van der Waals surface area contributed by atoms with Crippen molar-refractivity contribution in [2.75, 3.05) is 5.75 Å². The van der Waals surface area contributed by atoms with E-state index in [0.717, 1.165) is 0 Å². The maximum Gasteiger partial charge on any atom is 0.149 e. The largest absolute Gasteiger partial charge is 0.149 e. The minimum absolute atomic E-state index is 0.387. The van der Waals surface area contributed by atoms with Crippen LogP contribution >= 0.6 is 10.8 Å². The van der Waals surface area contributed by atoms with Gasteiger partial charge in [0, 0.05) is 4.91 Å². The molecule has 0 radical (unpaired) electrons. The number of hydrogen-bond donors (Lipinski definition) is 1. The molecule has 58 valence electrons. The van der Waals surface area contributed by atoms with Crippen LogP contribution in [0.15, 0.2) is 11.0 Å². The summed E-state index contributed by atoms with van der Waals surface area (Å²) in [4.78, 5) is 1.47. The van der Waals surface area contributed by atoms with Gasteiger partial charge < -0.3 is 0 Å². The molecular formula is C7H14NS2+. The monoisotopic (exact) mass is 176 g/mol. The van der Waals surface area contributed by atoms with Crippen LogP contribution in [0.3, 0.4) is 0 Å². The Morgan fingerprint density at radius 3 is 3.00 bits per heavy atom. The Morgan fingerprint density at radius 2 is 2.50 bits per heavy atom. The molecule has 0 aromatic heterocycles. The lowest BCUT2D eigenvalue weighted by atomic mass is 10.3. The molecule has 1 heterocycles. The van der Waals surface area contributed by atoms with Gasteiger partial charge in [0.25, 0.3) is 0 Å². The van der Waals surface area contributed by atoms with Gasteiger partial charge in [-0.15, -0.1) is 4.72 Å². The van der Waals surface area contributed by atoms with Crippen molar-refractivity contribution in [3.05, 3.63) is 11.0 Å². The molecule has 0 aliphatic carbocycles. The van der Waals surface area contributed by atoms with E-state index in [2.05, 4.69) is 31.6 Å². The highest BCUT2D eigenvalue weighted by atomic mass is 33.1. The third-order valence-corrected chi connectivity index (χ3v) is 5.44. The molecule has 0 fully saturated rings. The molecule has 0 aromatic rings. The number of allylic oxidation sites excluding steroid dienone is 1. The number of rotatable bonds is 1. The summed E-state index contributed by atoms with van der Waals surface area (Å²) >= 11 is 0. The average molecular weight is 176 g/mol. The third-order valence-electron chi connectivity index (χ3n) is 1.30. The van der Waals surface area contributed by atoms with E-state index in [1.165, 1.54) is 10.7 Å². The second kappa shape index (κ2) is 3.69. The van der Waals surface area contributed by atoms with Crippen LogP contribution in [0.25, 0.3) is 0 Å². The summed E-state index contributed by atoms with van der Waals surface area (Å²) < 4.78 is 3.51. The topological polar surface area (TPSA) is 12.0 Å². The molecule has 1 aliphatic rings. The van der Waals surface area contributed by atoms with Crippen LogP contribution in [0.5, 0.6) is 0 Å². The van der Waals surface area contributed by atoms with Gasteiger partial charge in [0.1, 0.15) is 26.7 Å². The summed E-state index contributed by atoms with van der Waals surface area (Å²) in [5, 5.41) is 0. The fraction of sp³-hybridized carbons (Fsp3) is 0.714. The van der Waals surface area contributed by atoms with E-state index < -0.39 is 0 Å². The quantitative estimate of drug-likeness (QED) is 0.485. The molecule has 0 saturated heterocycles. The van der Waals surface area contributed by atoms with E-state index in [-0.39, 0.29) is 0 Å². The van der Waals surface area contributed by atoms with E-state index >= 15 is 0 Å². The summed E-state index contributed by atoms with van der Waals surface area (Å²) in [6, 6.07) is 0.574. The lowest BCUT2D eigenvalue weighted by molar-refractivity contribution is 0.842. The third kappa shape index (κ3) is 2.22. The Kier molecular flexibility index (Phi) is 3.14. The molecule has 0 aromatic carbocycles. The van der Waals surface area contributed by atoms with Crippen LogP contribution in [0.1, 0.15) is 20.8 Å². The van der Waals surface area contributed by atoms with Crippen molar-refractivity contribution in [2.45, 2.75) is 26.8 Å². The maximum atomic E-state index is 3.51. The summed E-state index contributed by atoms with van der Waals surface area (Å²) in [6.45, 7) is 6.63. The zero-order valence-electron chi connectivity index (χ0n) is 6.68. The van der Waals surface area contributed by atoms with Gasteiger partial charge in [-0.1, -0.05) is 0 Å². The summed E-state index contributed by atoms with van der Waals surface area (Å²) in [5.41, 5.74) is 0. The second-order valence-electron chi connectivity index (χ2n) is 2.40. The Hall–Kier alpha value is 0.400. The first-order valence-corrected chi connectivity index (χ1v) is 6.29. The predicted octanol–water partition coefficient (Wildman–Crippen LogP) is 2.08. The summed E-state index contributed by atoms with van der Waals surface area (Å²) in [5.74, 6) is 1.24. The van der Waals surface area contributed by atoms with Crippen molar-refractivity contribution >= 4 is 20.9 Å². The molecule has 0 saturated carbocycles. The molecule has 0 amide bonds. The molecule has 10 heavy (non-hydrogen) atoms. The van der Waals surface area contributed by atoms with Crippen LogP contribution in [0, 0.1) is 0 Å². The van der Waals surface area contributed by atoms with Gasteiger partial charge in [0.2, 0.25) is 0 Å². The number of nitrogens with one attached hydrogen (secondary N) is 1. The van der Waals surface area contributed by atoms with Crippen molar-refractivity contribution in [1.29, 1.82) is 0 Å². The van der Waals surface area contributed by atoms with Gasteiger partial charge in [-0.3, -0.25) is 0 Å². The zero-order chi connectivity index (χ0) is 7.56. The Morgan fingerprint density at radius 1 is 1.80 bits per heavy atom. The van der Waals surface area contributed by atoms with Crippen LogP contribution in [0.2, 0.25) is 0 Å². The van der Waals surface area contributed by atoms with E-state index in [1.807, 2.05) is 10.8 Å². The van der Waals surface area contributed by atoms with Gasteiger partial charge in [-0.05, 0) is 26.8 Å². The summed E-state index contributed by atoms with van der Waals surface area (Å²) in [7, 11) is 2.35. The molecule has 1 aliphatic heterocycles. The van der Waals surface area contributed by atoms with E-state index in [4.69, 9.17) is 0 Å². The highest BCUT2D eigenvalue weighted by molar-refractivity contribution is 8.75. The van der Waals surface area contributed by atoms with Crippen LogP contribution in [0.4, 0.5) is 0 Å². The van der Waals surface area contributed by atoms with Gasteiger partial charge in [-0.2, -0.15) is 0 Å². The maximum absolute atomic E-state index is 3.51. The predicted molar refractivity (Wildman–Crippen MR) is 51.9 cm³/mol. The van der Waals surface area contributed by atoms with Gasteiger partial charge in [0.15, 0.2) is 0 Å². The van der Waals surface area contributed by atoms with E-state index in [0.29, 0.717) is 16.2 Å². The minimum Gasteiger partial charge on any atom is -0.120 e. The van der Waals surface area contributed by atoms with Crippen molar-refractivity contribution in [3.63, 3.8) is 0 Å². The van der Waals surface area contributed by atoms with Crippen molar-refractivity contribution in [3.8, 4) is 0 Å². The van der Waals surface area contributed by atoms with Gasteiger partial charge in [0.05, 0.1) is 6.04 Å². The molecule has 0 spiro atoms. The standard InChI is InChI=1S/C7H14NS2/c1-4-10-8-6(2)5-7(3)9-10/h5-6,8H,4H2,1-3H3/q+1. The Labute approximate surface area is 69.5 Å². The van der Waals surface area contributed by atoms with E-state index in [9.17, 15) is 0 Å². The summed E-state index contributed by atoms with van der Waals surface area (Å²) in [6.07, 6.45) is 2.28. The molecule has 2 atom stereocenters. The molecule has 0 bridgehead atoms. The van der Waals surface area contributed by atoms with Crippen molar-refractivity contribution in [1.82, 2.24) is 4.72 Å². The Balaban J connectivity index is 2.52. The molecule has 1 rings (SSSR count). The fourth-order valence-corrected chi connectivity index (χ4v) is 4.41. The molecule has 1 N–H and O–H groups in total. The van der Waals surface area contributed by atoms with Crippen molar-refractivity contribution < 1.29 is 0 Å². The van der Waals surface area contributed by atoms with E-state index in [1.54, 1.807) is 0 Å². The highest BCUT2D eigenvalue weighted by Gasteiger charge is 2.25. The minimum atomic E-state index is 0.387. The second-order valence-corrected chi connectivity index (χ2v) is 6.42. The first-order valence-electron chi connectivity index (χ1n) is 3.56. The molecular weight excluding hydrogens is 162 g/mol.